The molecule has 2 rings (SSSR count). The van der Waals surface area contributed by atoms with E-state index in [0.29, 0.717) is 0 Å². The molecule has 0 spiro atoms. The molecule has 15 heavy (non-hydrogen) atoms. The van der Waals surface area contributed by atoms with Crippen LogP contribution in [0.4, 0.5) is 0 Å². The van der Waals surface area contributed by atoms with Crippen molar-refractivity contribution in [2.45, 2.75) is 12.5 Å². The van der Waals surface area contributed by atoms with Crippen LogP contribution in [-0.4, -0.2) is 25.8 Å². The molecule has 1 aromatic carbocycles. The summed E-state index contributed by atoms with van der Waals surface area (Å²) in [6, 6.07) is 5.53. The lowest BCUT2D eigenvalue weighted by atomic mass is 10.1. The second kappa shape index (κ2) is 5.17. The van der Waals surface area contributed by atoms with E-state index in [-0.39, 0.29) is 6.10 Å². The molecule has 4 heteroatoms. The summed E-state index contributed by atoms with van der Waals surface area (Å²) in [5.74, 6) is 0. The van der Waals surface area contributed by atoms with E-state index < -0.39 is 0 Å². The predicted molar refractivity (Wildman–Crippen MR) is 62.8 cm³/mol. The number of hydrogen-bond acceptors (Lipinski definition) is 2. The monoisotopic (exact) mass is 245 g/mol. The Kier molecular flexibility index (Phi) is 3.87. The molecule has 0 saturated carbocycles. The van der Waals surface area contributed by atoms with Crippen molar-refractivity contribution in [3.8, 4) is 0 Å². The van der Waals surface area contributed by atoms with E-state index in [9.17, 15) is 0 Å². The third kappa shape index (κ3) is 3.08. The van der Waals surface area contributed by atoms with Gasteiger partial charge in [-0.15, -0.1) is 0 Å². The van der Waals surface area contributed by atoms with Gasteiger partial charge in [-0.25, -0.2) is 0 Å². The largest absolute Gasteiger partial charge is 0.375 e. The lowest BCUT2D eigenvalue weighted by Crippen LogP contribution is -2.39. The van der Waals surface area contributed by atoms with Gasteiger partial charge in [0, 0.05) is 29.6 Å². The Balaban J connectivity index is 2.05. The Labute approximate surface area is 99.5 Å². The third-order valence-electron chi connectivity index (χ3n) is 2.46. The zero-order valence-electron chi connectivity index (χ0n) is 8.30. The SMILES string of the molecule is Clc1ccc(Cl)c(CC2CNCCO2)c1. The molecule has 1 fully saturated rings. The number of halogens is 2. The molecule has 1 aliphatic rings. The van der Waals surface area contributed by atoms with Gasteiger partial charge in [0.05, 0.1) is 12.7 Å². The Morgan fingerprint density at radius 2 is 2.27 bits per heavy atom. The van der Waals surface area contributed by atoms with Crippen LogP contribution in [0.3, 0.4) is 0 Å². The van der Waals surface area contributed by atoms with Gasteiger partial charge in [0.1, 0.15) is 0 Å². The normalized spacial score (nSPS) is 21.6. The highest BCUT2D eigenvalue weighted by atomic mass is 35.5. The van der Waals surface area contributed by atoms with Gasteiger partial charge in [-0.1, -0.05) is 23.2 Å². The summed E-state index contributed by atoms with van der Waals surface area (Å²) in [6.45, 7) is 2.57. The molecule has 1 saturated heterocycles. The average Bonchev–Trinajstić information content (AvgIpc) is 2.25. The van der Waals surface area contributed by atoms with Crippen LogP contribution in [0.25, 0.3) is 0 Å². The average molecular weight is 246 g/mol. The Hall–Kier alpha value is -0.280. The highest BCUT2D eigenvalue weighted by Gasteiger charge is 2.15. The van der Waals surface area contributed by atoms with E-state index >= 15 is 0 Å². The van der Waals surface area contributed by atoms with Gasteiger partial charge in [0.25, 0.3) is 0 Å². The zero-order valence-corrected chi connectivity index (χ0v) is 9.81. The van der Waals surface area contributed by atoms with E-state index in [4.69, 9.17) is 27.9 Å². The molecule has 0 aliphatic carbocycles. The van der Waals surface area contributed by atoms with Gasteiger partial charge < -0.3 is 10.1 Å². The van der Waals surface area contributed by atoms with Crippen LogP contribution in [0.1, 0.15) is 5.56 Å². The van der Waals surface area contributed by atoms with Crippen LogP contribution in [0.2, 0.25) is 10.0 Å². The van der Waals surface area contributed by atoms with Crippen LogP contribution < -0.4 is 5.32 Å². The number of rotatable bonds is 2. The zero-order chi connectivity index (χ0) is 10.7. The minimum atomic E-state index is 0.203. The molecule has 1 N–H and O–H groups in total. The fourth-order valence-electron chi connectivity index (χ4n) is 1.70. The van der Waals surface area contributed by atoms with Crippen LogP contribution in [0.15, 0.2) is 18.2 Å². The molecule has 2 nitrogen and oxygen atoms in total. The van der Waals surface area contributed by atoms with Gasteiger partial charge in [-0.05, 0) is 23.8 Å². The summed E-state index contributed by atoms with van der Waals surface area (Å²) in [4.78, 5) is 0. The molecule has 0 amide bonds. The molecule has 1 heterocycles. The number of ether oxygens (including phenoxy) is 1. The minimum Gasteiger partial charge on any atom is -0.375 e. The van der Waals surface area contributed by atoms with Crippen molar-refractivity contribution in [2.75, 3.05) is 19.7 Å². The lowest BCUT2D eigenvalue weighted by molar-refractivity contribution is 0.0292. The molecule has 1 atom stereocenters. The Morgan fingerprint density at radius 1 is 1.40 bits per heavy atom. The van der Waals surface area contributed by atoms with Crippen molar-refractivity contribution in [1.29, 1.82) is 0 Å². The molecule has 0 aromatic heterocycles. The first kappa shape index (κ1) is 11.2. The summed E-state index contributed by atoms with van der Waals surface area (Å²) in [5, 5.41) is 4.77. The number of morpholine rings is 1. The molecular weight excluding hydrogens is 233 g/mol. The second-order valence-electron chi connectivity index (χ2n) is 3.64. The van der Waals surface area contributed by atoms with Gasteiger partial charge in [0.2, 0.25) is 0 Å². The smallest absolute Gasteiger partial charge is 0.0740 e. The first-order valence-electron chi connectivity index (χ1n) is 5.02. The maximum absolute atomic E-state index is 6.08. The summed E-state index contributed by atoms with van der Waals surface area (Å²) in [5.41, 5.74) is 1.05. The first-order chi connectivity index (χ1) is 7.25. The fraction of sp³-hybridized carbons (Fsp3) is 0.455. The molecule has 0 bridgehead atoms. The van der Waals surface area contributed by atoms with Crippen molar-refractivity contribution in [1.82, 2.24) is 5.32 Å². The maximum atomic E-state index is 6.08. The van der Waals surface area contributed by atoms with Gasteiger partial charge in [-0.2, -0.15) is 0 Å². The second-order valence-corrected chi connectivity index (χ2v) is 4.48. The molecule has 1 unspecified atom stereocenters. The highest BCUT2D eigenvalue weighted by Crippen LogP contribution is 2.22. The standard InChI is InChI=1S/C11H13Cl2NO/c12-9-1-2-11(13)8(5-9)6-10-7-14-3-4-15-10/h1-2,5,10,14H,3-4,6-7H2. The Bertz CT molecular complexity index is 337. The number of hydrogen-bond donors (Lipinski definition) is 1. The van der Waals surface area contributed by atoms with E-state index in [1.807, 2.05) is 12.1 Å². The molecule has 82 valence electrons. The Morgan fingerprint density at radius 3 is 3.00 bits per heavy atom. The van der Waals surface area contributed by atoms with Crippen LogP contribution >= 0.6 is 23.2 Å². The summed E-state index contributed by atoms with van der Waals surface area (Å²) >= 11 is 12.0. The maximum Gasteiger partial charge on any atom is 0.0740 e. The molecule has 1 aromatic rings. The van der Waals surface area contributed by atoms with Crippen molar-refractivity contribution in [3.63, 3.8) is 0 Å². The van der Waals surface area contributed by atoms with Gasteiger partial charge in [0.15, 0.2) is 0 Å². The lowest BCUT2D eigenvalue weighted by Gasteiger charge is -2.24. The van der Waals surface area contributed by atoms with Crippen LogP contribution in [-0.2, 0) is 11.2 Å². The van der Waals surface area contributed by atoms with Crippen LogP contribution in [0, 0.1) is 0 Å². The van der Waals surface area contributed by atoms with E-state index in [2.05, 4.69) is 5.32 Å². The quantitative estimate of drug-likeness (QED) is 0.865. The number of benzene rings is 1. The number of nitrogens with one attached hydrogen (secondary N) is 1. The highest BCUT2D eigenvalue weighted by molar-refractivity contribution is 6.33. The molecular formula is C11H13Cl2NO. The van der Waals surface area contributed by atoms with Gasteiger partial charge >= 0.3 is 0 Å². The van der Waals surface area contributed by atoms with Crippen molar-refractivity contribution in [3.05, 3.63) is 33.8 Å². The molecule has 0 radical (unpaired) electrons. The third-order valence-corrected chi connectivity index (χ3v) is 3.06. The molecule has 1 aliphatic heterocycles. The summed E-state index contributed by atoms with van der Waals surface area (Å²) in [7, 11) is 0. The van der Waals surface area contributed by atoms with Crippen molar-refractivity contribution in [2.24, 2.45) is 0 Å². The van der Waals surface area contributed by atoms with E-state index in [0.717, 1.165) is 41.7 Å². The van der Waals surface area contributed by atoms with E-state index in [1.54, 1.807) is 6.07 Å². The topological polar surface area (TPSA) is 21.3 Å². The van der Waals surface area contributed by atoms with Crippen molar-refractivity contribution >= 4 is 23.2 Å². The van der Waals surface area contributed by atoms with E-state index in [1.165, 1.54) is 0 Å². The first-order valence-corrected chi connectivity index (χ1v) is 5.77. The van der Waals surface area contributed by atoms with Gasteiger partial charge in [-0.3, -0.25) is 0 Å². The summed E-state index contributed by atoms with van der Waals surface area (Å²) in [6.07, 6.45) is 1.02. The fourth-order valence-corrected chi connectivity index (χ4v) is 2.09. The van der Waals surface area contributed by atoms with Crippen LogP contribution in [0.5, 0.6) is 0 Å². The summed E-state index contributed by atoms with van der Waals surface area (Å²) < 4.78 is 5.61. The predicted octanol–water partition coefficient (Wildman–Crippen LogP) is 2.52. The van der Waals surface area contributed by atoms with Crippen molar-refractivity contribution < 1.29 is 4.74 Å². The minimum absolute atomic E-state index is 0.203.